The van der Waals surface area contributed by atoms with Crippen molar-refractivity contribution >= 4 is 17.3 Å². The summed E-state index contributed by atoms with van der Waals surface area (Å²) in [4.78, 5) is 13.4. The summed E-state index contributed by atoms with van der Waals surface area (Å²) in [6.45, 7) is 5.42. The first-order valence-corrected chi connectivity index (χ1v) is 6.10. The molecule has 0 fully saturated rings. The molecule has 4 heteroatoms. The van der Waals surface area contributed by atoms with E-state index in [1.807, 2.05) is 31.2 Å². The van der Waals surface area contributed by atoms with E-state index in [1.165, 1.54) is 6.08 Å². The van der Waals surface area contributed by atoms with Crippen LogP contribution in [-0.4, -0.2) is 30.7 Å². The second-order valence-electron chi connectivity index (χ2n) is 3.84. The highest BCUT2D eigenvalue weighted by atomic mass is 16.3. The molecule has 1 rings (SSSR count). The lowest BCUT2D eigenvalue weighted by Gasteiger charge is -2.22. The minimum Gasteiger partial charge on any atom is -0.395 e. The monoisotopic (exact) mass is 248 g/mol. The van der Waals surface area contributed by atoms with Crippen LogP contribution in [0.2, 0.25) is 0 Å². The minimum absolute atomic E-state index is 0.132. The highest BCUT2D eigenvalue weighted by Crippen LogP contribution is 2.17. The molecule has 0 saturated carbocycles. The number of benzene rings is 1. The van der Waals surface area contributed by atoms with Gasteiger partial charge >= 0.3 is 0 Å². The number of rotatable bonds is 6. The lowest BCUT2D eigenvalue weighted by Crippen LogP contribution is -2.26. The van der Waals surface area contributed by atoms with Crippen LogP contribution >= 0.6 is 0 Å². The predicted molar refractivity (Wildman–Crippen MR) is 74.9 cm³/mol. The van der Waals surface area contributed by atoms with Crippen LogP contribution < -0.4 is 10.2 Å². The maximum atomic E-state index is 11.3. The Hall–Kier alpha value is -1.81. The van der Waals surface area contributed by atoms with Crippen molar-refractivity contribution in [2.45, 2.75) is 13.8 Å². The molecule has 1 aromatic carbocycles. The SMILES string of the molecule is CC=CC(=O)Nc1ccc(N(CC)CCO)cc1. The molecule has 0 unspecified atom stereocenters. The van der Waals surface area contributed by atoms with Gasteiger partial charge in [-0.15, -0.1) is 0 Å². The van der Waals surface area contributed by atoms with Gasteiger partial charge in [0.15, 0.2) is 0 Å². The molecule has 1 aromatic rings. The molecule has 0 atom stereocenters. The number of nitrogens with zero attached hydrogens (tertiary/aromatic N) is 1. The van der Waals surface area contributed by atoms with Gasteiger partial charge in [0.05, 0.1) is 6.61 Å². The number of aliphatic hydroxyl groups is 1. The van der Waals surface area contributed by atoms with Gasteiger partial charge in [-0.1, -0.05) is 6.08 Å². The molecule has 0 bridgehead atoms. The van der Waals surface area contributed by atoms with E-state index < -0.39 is 0 Å². The lowest BCUT2D eigenvalue weighted by molar-refractivity contribution is -0.111. The fraction of sp³-hybridized carbons (Fsp3) is 0.357. The Balaban J connectivity index is 2.69. The van der Waals surface area contributed by atoms with Crippen LogP contribution in [0.5, 0.6) is 0 Å². The van der Waals surface area contributed by atoms with Crippen LogP contribution in [0.15, 0.2) is 36.4 Å². The normalized spacial score (nSPS) is 10.6. The first-order valence-electron chi connectivity index (χ1n) is 6.10. The maximum Gasteiger partial charge on any atom is 0.248 e. The molecular weight excluding hydrogens is 228 g/mol. The van der Waals surface area contributed by atoms with Gasteiger partial charge in [-0.05, 0) is 44.2 Å². The van der Waals surface area contributed by atoms with E-state index in [0.717, 1.165) is 17.9 Å². The first kappa shape index (κ1) is 14.3. The Bertz CT molecular complexity index is 399. The molecule has 4 nitrogen and oxygen atoms in total. The number of allylic oxidation sites excluding steroid dienone is 1. The van der Waals surface area contributed by atoms with Crippen molar-refractivity contribution in [1.29, 1.82) is 0 Å². The number of hydrogen-bond donors (Lipinski definition) is 2. The van der Waals surface area contributed by atoms with Crippen LogP contribution in [0.4, 0.5) is 11.4 Å². The number of nitrogens with one attached hydrogen (secondary N) is 1. The average molecular weight is 248 g/mol. The third kappa shape index (κ3) is 4.22. The summed E-state index contributed by atoms with van der Waals surface area (Å²) in [7, 11) is 0. The summed E-state index contributed by atoms with van der Waals surface area (Å²) in [5, 5.41) is 11.7. The van der Waals surface area contributed by atoms with Crippen molar-refractivity contribution in [3.05, 3.63) is 36.4 Å². The fourth-order valence-electron chi connectivity index (χ4n) is 1.68. The van der Waals surface area contributed by atoms with Crippen LogP contribution in [0.3, 0.4) is 0 Å². The molecule has 0 aliphatic carbocycles. The minimum atomic E-state index is -0.132. The van der Waals surface area contributed by atoms with E-state index >= 15 is 0 Å². The molecule has 0 aliphatic heterocycles. The van der Waals surface area contributed by atoms with Crippen LogP contribution in [0.25, 0.3) is 0 Å². The Morgan fingerprint density at radius 3 is 2.56 bits per heavy atom. The van der Waals surface area contributed by atoms with Crippen molar-refractivity contribution in [1.82, 2.24) is 0 Å². The topological polar surface area (TPSA) is 52.6 Å². The van der Waals surface area contributed by atoms with Crippen LogP contribution in [0.1, 0.15) is 13.8 Å². The largest absolute Gasteiger partial charge is 0.395 e. The molecule has 98 valence electrons. The molecule has 0 aromatic heterocycles. The van der Waals surface area contributed by atoms with Gasteiger partial charge in [-0.3, -0.25) is 4.79 Å². The standard InChI is InChI=1S/C14H20N2O2/c1-3-5-14(18)15-12-6-8-13(9-7-12)16(4-2)10-11-17/h3,5-9,17H,4,10-11H2,1-2H3,(H,15,18). The molecule has 0 heterocycles. The van der Waals surface area contributed by atoms with E-state index in [1.54, 1.807) is 13.0 Å². The summed E-state index contributed by atoms with van der Waals surface area (Å²) in [5.41, 5.74) is 1.80. The lowest BCUT2D eigenvalue weighted by atomic mass is 10.2. The second kappa shape index (κ2) is 7.50. The Morgan fingerprint density at radius 2 is 2.06 bits per heavy atom. The van der Waals surface area contributed by atoms with Gasteiger partial charge in [0, 0.05) is 24.5 Å². The zero-order chi connectivity index (χ0) is 13.4. The maximum absolute atomic E-state index is 11.3. The molecule has 1 amide bonds. The summed E-state index contributed by atoms with van der Waals surface area (Å²) in [6.07, 6.45) is 3.18. The van der Waals surface area contributed by atoms with Crippen molar-refractivity contribution < 1.29 is 9.90 Å². The zero-order valence-corrected chi connectivity index (χ0v) is 10.9. The zero-order valence-electron chi connectivity index (χ0n) is 10.9. The highest BCUT2D eigenvalue weighted by Gasteiger charge is 2.03. The van der Waals surface area contributed by atoms with E-state index in [2.05, 4.69) is 10.2 Å². The number of carbonyl (C=O) groups excluding carboxylic acids is 1. The van der Waals surface area contributed by atoms with Crippen molar-refractivity contribution in [2.75, 3.05) is 29.9 Å². The number of carbonyl (C=O) groups is 1. The summed E-state index contributed by atoms with van der Waals surface area (Å²) in [6, 6.07) is 7.59. The van der Waals surface area contributed by atoms with Crippen molar-refractivity contribution in [2.24, 2.45) is 0 Å². The molecule has 0 aliphatic rings. The van der Waals surface area contributed by atoms with Gasteiger partial charge in [0.25, 0.3) is 0 Å². The number of aliphatic hydroxyl groups excluding tert-OH is 1. The number of anilines is 2. The smallest absolute Gasteiger partial charge is 0.248 e. The Labute approximate surface area is 108 Å². The van der Waals surface area contributed by atoms with Gasteiger partial charge in [-0.2, -0.15) is 0 Å². The first-order chi connectivity index (χ1) is 8.71. The quantitative estimate of drug-likeness (QED) is 0.757. The molecule has 0 radical (unpaired) electrons. The number of likely N-dealkylation sites (N-methyl/N-ethyl adjacent to an activating group) is 1. The van der Waals surface area contributed by atoms with Crippen LogP contribution in [0, 0.1) is 0 Å². The van der Waals surface area contributed by atoms with E-state index in [4.69, 9.17) is 5.11 Å². The van der Waals surface area contributed by atoms with Crippen molar-refractivity contribution in [3.8, 4) is 0 Å². The Morgan fingerprint density at radius 1 is 1.39 bits per heavy atom. The van der Waals surface area contributed by atoms with Crippen molar-refractivity contribution in [3.63, 3.8) is 0 Å². The van der Waals surface area contributed by atoms with Crippen LogP contribution in [-0.2, 0) is 4.79 Å². The third-order valence-corrected chi connectivity index (χ3v) is 2.57. The summed E-state index contributed by atoms with van der Waals surface area (Å²) >= 11 is 0. The van der Waals surface area contributed by atoms with Gasteiger partial charge in [0.1, 0.15) is 0 Å². The summed E-state index contributed by atoms with van der Waals surface area (Å²) in [5.74, 6) is -0.132. The van der Waals surface area contributed by atoms with Gasteiger partial charge in [-0.25, -0.2) is 0 Å². The molecular formula is C14H20N2O2. The molecule has 18 heavy (non-hydrogen) atoms. The fourth-order valence-corrected chi connectivity index (χ4v) is 1.68. The summed E-state index contributed by atoms with van der Waals surface area (Å²) < 4.78 is 0. The van der Waals surface area contributed by atoms with E-state index in [9.17, 15) is 4.79 Å². The number of hydrogen-bond acceptors (Lipinski definition) is 3. The van der Waals surface area contributed by atoms with E-state index in [0.29, 0.717) is 6.54 Å². The predicted octanol–water partition coefficient (Wildman–Crippen LogP) is 2.02. The van der Waals surface area contributed by atoms with Gasteiger partial charge in [0.2, 0.25) is 5.91 Å². The second-order valence-corrected chi connectivity index (χ2v) is 3.84. The molecule has 0 saturated heterocycles. The number of amides is 1. The molecule has 0 spiro atoms. The average Bonchev–Trinajstić information content (AvgIpc) is 2.37. The highest BCUT2D eigenvalue weighted by molar-refractivity contribution is 5.99. The third-order valence-electron chi connectivity index (χ3n) is 2.57. The Kier molecular flexibility index (Phi) is 5.94. The molecule has 2 N–H and O–H groups in total. The van der Waals surface area contributed by atoms with E-state index in [-0.39, 0.29) is 12.5 Å². The van der Waals surface area contributed by atoms with Gasteiger partial charge < -0.3 is 15.3 Å².